The van der Waals surface area contributed by atoms with Gasteiger partial charge < -0.3 is 11.1 Å². The van der Waals surface area contributed by atoms with Crippen LogP contribution in [-0.2, 0) is 0 Å². The van der Waals surface area contributed by atoms with Gasteiger partial charge in [-0.3, -0.25) is 4.79 Å². The van der Waals surface area contributed by atoms with E-state index in [0.717, 1.165) is 5.56 Å². The van der Waals surface area contributed by atoms with Gasteiger partial charge in [-0.15, -0.1) is 0 Å². The summed E-state index contributed by atoms with van der Waals surface area (Å²) < 4.78 is 13.6. The number of benzene rings is 1. The average molecular weight is 238 g/mol. The normalized spacial score (nSPS) is 12.6. The third-order valence-electron chi connectivity index (χ3n) is 2.74. The van der Waals surface area contributed by atoms with Crippen LogP contribution in [0.2, 0.25) is 0 Å². The molecule has 0 aliphatic carbocycles. The Morgan fingerprint density at radius 1 is 1.47 bits per heavy atom. The Kier molecular flexibility index (Phi) is 4.63. The van der Waals surface area contributed by atoms with Crippen molar-refractivity contribution in [1.82, 2.24) is 5.32 Å². The van der Waals surface area contributed by atoms with Crippen molar-refractivity contribution in [1.29, 1.82) is 0 Å². The van der Waals surface area contributed by atoms with Gasteiger partial charge in [0.05, 0.1) is 5.56 Å². The molecular formula is C13H19FN2O. The van der Waals surface area contributed by atoms with Crippen molar-refractivity contribution in [3.05, 3.63) is 35.1 Å². The Morgan fingerprint density at radius 3 is 2.59 bits per heavy atom. The minimum absolute atomic E-state index is 0.0645. The molecule has 0 saturated carbocycles. The van der Waals surface area contributed by atoms with Crippen molar-refractivity contribution in [3.8, 4) is 0 Å². The second-order valence-corrected chi connectivity index (χ2v) is 4.54. The number of nitrogens with one attached hydrogen (secondary N) is 1. The molecule has 1 aromatic rings. The molecule has 0 saturated heterocycles. The summed E-state index contributed by atoms with van der Waals surface area (Å²) >= 11 is 0. The van der Waals surface area contributed by atoms with Crippen LogP contribution in [0.15, 0.2) is 18.2 Å². The number of aryl methyl sites for hydroxylation is 1. The smallest absolute Gasteiger partial charge is 0.254 e. The zero-order valence-electron chi connectivity index (χ0n) is 10.5. The molecule has 1 unspecified atom stereocenters. The fourth-order valence-electron chi connectivity index (χ4n) is 1.55. The van der Waals surface area contributed by atoms with Gasteiger partial charge in [0.1, 0.15) is 5.82 Å². The molecule has 0 aliphatic rings. The largest absolute Gasteiger partial charge is 0.348 e. The molecule has 1 atom stereocenters. The van der Waals surface area contributed by atoms with Crippen LogP contribution in [0.1, 0.15) is 29.8 Å². The van der Waals surface area contributed by atoms with Crippen molar-refractivity contribution in [3.63, 3.8) is 0 Å². The lowest BCUT2D eigenvalue weighted by atomic mass is 10.0. The maximum Gasteiger partial charge on any atom is 0.254 e. The predicted octanol–water partition coefficient (Wildman–Crippen LogP) is 1.85. The molecule has 1 rings (SSSR count). The molecule has 0 bridgehead atoms. The van der Waals surface area contributed by atoms with E-state index in [1.165, 1.54) is 12.1 Å². The van der Waals surface area contributed by atoms with E-state index in [9.17, 15) is 9.18 Å². The number of rotatable bonds is 4. The summed E-state index contributed by atoms with van der Waals surface area (Å²) in [7, 11) is 0. The Bertz CT molecular complexity index is 404. The van der Waals surface area contributed by atoms with Crippen molar-refractivity contribution >= 4 is 5.91 Å². The Hall–Kier alpha value is -1.42. The average Bonchev–Trinajstić information content (AvgIpc) is 2.24. The summed E-state index contributed by atoms with van der Waals surface area (Å²) in [6.07, 6.45) is 0. The zero-order chi connectivity index (χ0) is 13.0. The lowest BCUT2D eigenvalue weighted by Gasteiger charge is -2.20. The molecule has 94 valence electrons. The molecule has 0 spiro atoms. The molecule has 1 amide bonds. The molecule has 0 aromatic heterocycles. The maximum absolute atomic E-state index is 13.6. The molecule has 17 heavy (non-hydrogen) atoms. The summed E-state index contributed by atoms with van der Waals surface area (Å²) in [5.41, 5.74) is 6.41. The standard InChI is InChI=1S/C13H19FN2O/c1-8(2)12(7-15)16-13(17)10-5-4-9(3)6-11(10)14/h4-6,8,12H,7,15H2,1-3H3,(H,16,17). The fourth-order valence-corrected chi connectivity index (χ4v) is 1.55. The molecule has 4 heteroatoms. The zero-order valence-corrected chi connectivity index (χ0v) is 10.5. The van der Waals surface area contributed by atoms with Crippen LogP contribution in [0.3, 0.4) is 0 Å². The molecule has 1 aromatic carbocycles. The van der Waals surface area contributed by atoms with Crippen LogP contribution in [0.25, 0.3) is 0 Å². The quantitative estimate of drug-likeness (QED) is 0.841. The van der Waals surface area contributed by atoms with Gasteiger partial charge in [-0.2, -0.15) is 0 Å². The SMILES string of the molecule is Cc1ccc(C(=O)NC(CN)C(C)C)c(F)c1. The first-order chi connectivity index (χ1) is 7.95. The second-order valence-electron chi connectivity index (χ2n) is 4.54. The number of hydrogen-bond acceptors (Lipinski definition) is 2. The molecule has 0 heterocycles. The van der Waals surface area contributed by atoms with Gasteiger partial charge in [-0.25, -0.2) is 4.39 Å². The lowest BCUT2D eigenvalue weighted by molar-refractivity contribution is 0.0923. The summed E-state index contributed by atoms with van der Waals surface area (Å²) in [4.78, 5) is 11.8. The van der Waals surface area contributed by atoms with Gasteiger partial charge in [0.15, 0.2) is 0 Å². The third kappa shape index (κ3) is 3.53. The highest BCUT2D eigenvalue weighted by molar-refractivity contribution is 5.94. The van der Waals surface area contributed by atoms with E-state index in [1.54, 1.807) is 13.0 Å². The third-order valence-corrected chi connectivity index (χ3v) is 2.74. The monoisotopic (exact) mass is 238 g/mol. The summed E-state index contributed by atoms with van der Waals surface area (Å²) in [6, 6.07) is 4.42. The number of carbonyl (C=O) groups is 1. The first-order valence-electron chi connectivity index (χ1n) is 5.72. The van der Waals surface area contributed by atoms with E-state index >= 15 is 0 Å². The summed E-state index contributed by atoms with van der Waals surface area (Å²) in [5.74, 6) is -0.689. The second kappa shape index (κ2) is 5.77. The molecular weight excluding hydrogens is 219 g/mol. The molecule has 0 aliphatic heterocycles. The van der Waals surface area contributed by atoms with E-state index in [0.29, 0.717) is 6.54 Å². The van der Waals surface area contributed by atoms with E-state index in [-0.39, 0.29) is 17.5 Å². The van der Waals surface area contributed by atoms with Gasteiger partial charge in [-0.05, 0) is 30.5 Å². The van der Waals surface area contributed by atoms with E-state index in [4.69, 9.17) is 5.73 Å². The van der Waals surface area contributed by atoms with Gasteiger partial charge in [-0.1, -0.05) is 19.9 Å². The van der Waals surface area contributed by atoms with Gasteiger partial charge in [0.2, 0.25) is 0 Å². The van der Waals surface area contributed by atoms with Crippen LogP contribution in [0, 0.1) is 18.7 Å². The van der Waals surface area contributed by atoms with Crippen LogP contribution >= 0.6 is 0 Å². The first kappa shape index (κ1) is 13.6. The van der Waals surface area contributed by atoms with Crippen molar-refractivity contribution < 1.29 is 9.18 Å². The van der Waals surface area contributed by atoms with Gasteiger partial charge in [0, 0.05) is 12.6 Å². The lowest BCUT2D eigenvalue weighted by Crippen LogP contribution is -2.43. The Labute approximate surface area is 101 Å². The van der Waals surface area contributed by atoms with E-state index in [2.05, 4.69) is 5.32 Å². The van der Waals surface area contributed by atoms with Gasteiger partial charge >= 0.3 is 0 Å². The summed E-state index contributed by atoms with van der Waals surface area (Å²) in [6.45, 7) is 6.05. The Balaban J connectivity index is 2.82. The van der Waals surface area contributed by atoms with Crippen molar-refractivity contribution in [2.24, 2.45) is 11.7 Å². The predicted molar refractivity (Wildman–Crippen MR) is 66.3 cm³/mol. The van der Waals surface area contributed by atoms with Crippen molar-refractivity contribution in [2.75, 3.05) is 6.54 Å². The number of halogens is 1. The van der Waals surface area contributed by atoms with Crippen LogP contribution in [0.5, 0.6) is 0 Å². The van der Waals surface area contributed by atoms with Crippen molar-refractivity contribution in [2.45, 2.75) is 26.8 Å². The molecule has 0 fully saturated rings. The topological polar surface area (TPSA) is 55.1 Å². The Morgan fingerprint density at radius 2 is 2.12 bits per heavy atom. The number of amides is 1. The minimum Gasteiger partial charge on any atom is -0.348 e. The fraction of sp³-hybridized carbons (Fsp3) is 0.462. The molecule has 3 N–H and O–H groups in total. The molecule has 3 nitrogen and oxygen atoms in total. The highest BCUT2D eigenvalue weighted by Crippen LogP contribution is 2.10. The minimum atomic E-state index is -0.498. The van der Waals surface area contributed by atoms with Gasteiger partial charge in [0.25, 0.3) is 5.91 Å². The molecule has 0 radical (unpaired) electrons. The van der Waals surface area contributed by atoms with E-state index < -0.39 is 11.7 Å². The van der Waals surface area contributed by atoms with Crippen LogP contribution in [-0.4, -0.2) is 18.5 Å². The van der Waals surface area contributed by atoms with E-state index in [1.807, 2.05) is 13.8 Å². The van der Waals surface area contributed by atoms with Crippen LogP contribution in [0.4, 0.5) is 4.39 Å². The number of carbonyl (C=O) groups excluding carboxylic acids is 1. The number of hydrogen-bond donors (Lipinski definition) is 2. The summed E-state index contributed by atoms with van der Waals surface area (Å²) in [5, 5.41) is 2.74. The first-order valence-corrected chi connectivity index (χ1v) is 5.72. The maximum atomic E-state index is 13.6. The number of nitrogens with two attached hydrogens (primary N) is 1. The highest BCUT2D eigenvalue weighted by Gasteiger charge is 2.17. The van der Waals surface area contributed by atoms with Crippen LogP contribution < -0.4 is 11.1 Å². The highest BCUT2D eigenvalue weighted by atomic mass is 19.1.